The Balaban J connectivity index is 1.83. The van der Waals surface area contributed by atoms with Crippen molar-refractivity contribution in [3.8, 4) is 0 Å². The van der Waals surface area contributed by atoms with Crippen molar-refractivity contribution >= 4 is 11.7 Å². The minimum Gasteiger partial charge on any atom is -0.328 e. The van der Waals surface area contributed by atoms with Crippen molar-refractivity contribution in [1.82, 2.24) is 14.8 Å². The molecule has 0 unspecified atom stereocenters. The summed E-state index contributed by atoms with van der Waals surface area (Å²) in [4.78, 5) is 17.4. The first-order valence-electron chi connectivity index (χ1n) is 9.19. The number of aromatic nitrogens is 3. The van der Waals surface area contributed by atoms with Gasteiger partial charge < -0.3 is 5.32 Å². The lowest BCUT2D eigenvalue weighted by atomic mass is 9.73. The number of nitrogens with one attached hydrogen (secondary N) is 1. The molecule has 1 aliphatic carbocycles. The first kappa shape index (κ1) is 17.0. The molecule has 0 saturated heterocycles. The Hall–Kier alpha value is -2.43. The SMILES string of the molecule is CC1(C)CC(=O)C2=C(C1)Nc1ncnn1[C@H]2c1ccc(C(C)(C)C)cc1. The van der Waals surface area contributed by atoms with Crippen molar-refractivity contribution in [2.24, 2.45) is 5.41 Å². The van der Waals surface area contributed by atoms with Crippen LogP contribution in [0.25, 0.3) is 0 Å². The molecular formula is C21H26N4O. The van der Waals surface area contributed by atoms with Gasteiger partial charge in [-0.05, 0) is 28.4 Å². The van der Waals surface area contributed by atoms with E-state index in [1.165, 1.54) is 5.56 Å². The highest BCUT2D eigenvalue weighted by molar-refractivity contribution is 6.00. The molecule has 0 fully saturated rings. The third-order valence-electron chi connectivity index (χ3n) is 5.37. The van der Waals surface area contributed by atoms with E-state index in [1.54, 1.807) is 6.33 Å². The molecule has 2 aliphatic rings. The van der Waals surface area contributed by atoms with Gasteiger partial charge in [0.15, 0.2) is 5.78 Å². The molecule has 1 aliphatic heterocycles. The third-order valence-corrected chi connectivity index (χ3v) is 5.37. The van der Waals surface area contributed by atoms with Crippen molar-refractivity contribution in [3.05, 3.63) is 53.0 Å². The topological polar surface area (TPSA) is 59.8 Å². The molecule has 136 valence electrons. The second-order valence-corrected chi connectivity index (χ2v) is 9.26. The van der Waals surface area contributed by atoms with Crippen LogP contribution < -0.4 is 5.32 Å². The fraction of sp³-hybridized carbons (Fsp3) is 0.476. The molecule has 0 spiro atoms. The Labute approximate surface area is 154 Å². The van der Waals surface area contributed by atoms with Crippen LogP contribution in [0.1, 0.15) is 64.6 Å². The normalized spacial score (nSPS) is 21.9. The highest BCUT2D eigenvalue weighted by Gasteiger charge is 2.41. The number of carbonyl (C=O) groups is 1. The van der Waals surface area contributed by atoms with Crippen LogP contribution in [0, 0.1) is 5.41 Å². The summed E-state index contributed by atoms with van der Waals surface area (Å²) in [6.45, 7) is 10.9. The minimum atomic E-state index is -0.207. The van der Waals surface area contributed by atoms with Crippen LogP contribution in [0.5, 0.6) is 0 Å². The number of carbonyl (C=O) groups excluding carboxylic acids is 1. The number of benzene rings is 1. The first-order chi connectivity index (χ1) is 12.2. The van der Waals surface area contributed by atoms with E-state index in [9.17, 15) is 4.79 Å². The largest absolute Gasteiger partial charge is 0.328 e. The Morgan fingerprint density at radius 2 is 1.85 bits per heavy atom. The molecule has 1 aromatic carbocycles. The van der Waals surface area contributed by atoms with Gasteiger partial charge in [-0.1, -0.05) is 58.9 Å². The lowest BCUT2D eigenvalue weighted by Crippen LogP contribution is -2.36. The molecule has 0 radical (unpaired) electrons. The standard InChI is InChI=1S/C21H26N4O/c1-20(2,3)14-8-6-13(7-9-14)18-17-15(10-21(4,5)11-16(17)26)24-19-22-12-23-25(18)19/h6-9,12,18H,10-11H2,1-5H3,(H,22,23,24)/t18-/m0/s1. The Morgan fingerprint density at radius 3 is 2.50 bits per heavy atom. The number of nitrogens with zero attached hydrogens (tertiary/aromatic N) is 3. The summed E-state index contributed by atoms with van der Waals surface area (Å²) < 4.78 is 1.83. The zero-order valence-corrected chi connectivity index (χ0v) is 16.1. The Morgan fingerprint density at radius 1 is 1.15 bits per heavy atom. The van der Waals surface area contributed by atoms with E-state index >= 15 is 0 Å². The number of anilines is 1. The van der Waals surface area contributed by atoms with E-state index in [0.29, 0.717) is 12.4 Å². The number of rotatable bonds is 1. The van der Waals surface area contributed by atoms with Gasteiger partial charge in [-0.2, -0.15) is 10.1 Å². The van der Waals surface area contributed by atoms with Gasteiger partial charge >= 0.3 is 0 Å². The molecule has 4 rings (SSSR count). The van der Waals surface area contributed by atoms with Gasteiger partial charge in [0.25, 0.3) is 0 Å². The van der Waals surface area contributed by atoms with Crippen molar-refractivity contribution in [2.45, 2.75) is 58.9 Å². The summed E-state index contributed by atoms with van der Waals surface area (Å²) in [5, 5.41) is 7.75. The number of hydrogen-bond donors (Lipinski definition) is 1. The lowest BCUT2D eigenvalue weighted by molar-refractivity contribution is -0.118. The monoisotopic (exact) mass is 350 g/mol. The van der Waals surface area contributed by atoms with Crippen molar-refractivity contribution in [2.75, 3.05) is 5.32 Å². The number of ketones is 1. The molecule has 5 heteroatoms. The summed E-state index contributed by atoms with van der Waals surface area (Å²) in [5.74, 6) is 0.911. The zero-order valence-electron chi connectivity index (χ0n) is 16.1. The fourth-order valence-electron chi connectivity index (χ4n) is 4.02. The summed E-state index contributed by atoms with van der Waals surface area (Å²) in [6, 6.07) is 8.36. The number of hydrogen-bond acceptors (Lipinski definition) is 4. The molecule has 2 heterocycles. The lowest BCUT2D eigenvalue weighted by Gasteiger charge is -2.38. The quantitative estimate of drug-likeness (QED) is 0.836. The smallest absolute Gasteiger partial charge is 0.226 e. The van der Waals surface area contributed by atoms with Crippen LogP contribution in [-0.4, -0.2) is 20.5 Å². The highest BCUT2D eigenvalue weighted by atomic mass is 16.1. The maximum Gasteiger partial charge on any atom is 0.226 e. The second kappa shape index (κ2) is 5.53. The number of Topliss-reactive ketones (excluding diaryl/α,β-unsaturated/α-hetero) is 1. The van der Waals surface area contributed by atoms with Gasteiger partial charge in [0, 0.05) is 17.7 Å². The van der Waals surface area contributed by atoms with Gasteiger partial charge in [0.1, 0.15) is 12.4 Å². The van der Waals surface area contributed by atoms with E-state index < -0.39 is 0 Å². The maximum atomic E-state index is 13.0. The van der Waals surface area contributed by atoms with Gasteiger partial charge in [-0.25, -0.2) is 4.68 Å². The van der Waals surface area contributed by atoms with Gasteiger partial charge in [0.05, 0.1) is 0 Å². The molecule has 5 nitrogen and oxygen atoms in total. The van der Waals surface area contributed by atoms with Crippen LogP contribution in [0.4, 0.5) is 5.95 Å². The van der Waals surface area contributed by atoms with Gasteiger partial charge in [0.2, 0.25) is 5.95 Å². The van der Waals surface area contributed by atoms with E-state index in [0.717, 1.165) is 23.3 Å². The zero-order chi connectivity index (χ0) is 18.7. The number of fused-ring (bicyclic) bond motifs is 1. The van der Waals surface area contributed by atoms with Crippen molar-refractivity contribution in [1.29, 1.82) is 0 Å². The Kier molecular flexibility index (Phi) is 3.62. The van der Waals surface area contributed by atoms with Crippen molar-refractivity contribution in [3.63, 3.8) is 0 Å². The van der Waals surface area contributed by atoms with Crippen LogP contribution in [0.3, 0.4) is 0 Å². The average Bonchev–Trinajstić information content (AvgIpc) is 2.99. The molecule has 0 saturated carbocycles. The van der Waals surface area contributed by atoms with E-state index in [1.807, 2.05) is 4.68 Å². The van der Waals surface area contributed by atoms with Crippen LogP contribution in [0.2, 0.25) is 0 Å². The summed E-state index contributed by atoms with van der Waals surface area (Å²) in [5.41, 5.74) is 4.25. The molecule has 26 heavy (non-hydrogen) atoms. The second-order valence-electron chi connectivity index (χ2n) is 9.26. The highest BCUT2D eigenvalue weighted by Crippen LogP contribution is 2.45. The predicted molar refractivity (Wildman–Crippen MR) is 102 cm³/mol. The van der Waals surface area contributed by atoms with E-state index in [-0.39, 0.29) is 22.7 Å². The molecule has 1 aromatic heterocycles. The summed E-state index contributed by atoms with van der Waals surface area (Å²) >= 11 is 0. The van der Waals surface area contributed by atoms with E-state index in [4.69, 9.17) is 0 Å². The van der Waals surface area contributed by atoms with Crippen LogP contribution in [0.15, 0.2) is 41.9 Å². The summed E-state index contributed by atoms with van der Waals surface area (Å²) in [7, 11) is 0. The fourth-order valence-corrected chi connectivity index (χ4v) is 4.02. The molecule has 1 N–H and O–H groups in total. The summed E-state index contributed by atoms with van der Waals surface area (Å²) in [6.07, 6.45) is 2.96. The van der Waals surface area contributed by atoms with Crippen LogP contribution in [-0.2, 0) is 10.2 Å². The van der Waals surface area contributed by atoms with Crippen molar-refractivity contribution < 1.29 is 4.79 Å². The Bertz CT molecular complexity index is 897. The molecule has 1 atom stereocenters. The minimum absolute atomic E-state index is 0.0360. The molecular weight excluding hydrogens is 324 g/mol. The molecule has 0 amide bonds. The van der Waals surface area contributed by atoms with Gasteiger partial charge in [-0.15, -0.1) is 0 Å². The first-order valence-corrected chi connectivity index (χ1v) is 9.19. The molecule has 2 aromatic rings. The number of allylic oxidation sites excluding steroid dienone is 2. The predicted octanol–water partition coefficient (Wildman–Crippen LogP) is 4.23. The maximum absolute atomic E-state index is 13.0. The van der Waals surface area contributed by atoms with Gasteiger partial charge in [-0.3, -0.25) is 4.79 Å². The average molecular weight is 350 g/mol. The van der Waals surface area contributed by atoms with E-state index in [2.05, 4.69) is 74.3 Å². The third kappa shape index (κ3) is 2.75. The molecule has 0 bridgehead atoms. The van der Waals surface area contributed by atoms with Crippen LogP contribution >= 0.6 is 0 Å².